The highest BCUT2D eigenvalue weighted by atomic mass is 19.1. The van der Waals surface area contributed by atoms with Gasteiger partial charge in [-0.15, -0.1) is 0 Å². The van der Waals surface area contributed by atoms with Crippen LogP contribution in [0.3, 0.4) is 0 Å². The molecule has 0 unspecified atom stereocenters. The molecule has 4 rings (SSSR count). The number of benzene rings is 2. The molecule has 7 nitrogen and oxygen atoms in total. The van der Waals surface area contributed by atoms with Crippen LogP contribution in [0, 0.1) is 24.1 Å². The zero-order valence-corrected chi connectivity index (χ0v) is 20.5. The number of hydrogen-bond donors (Lipinski definition) is 3. The first-order chi connectivity index (χ1) is 17.4. The number of anilines is 1. The second-order valence-corrected chi connectivity index (χ2v) is 8.59. The van der Waals surface area contributed by atoms with E-state index in [1.807, 2.05) is 0 Å². The standard InChI is InChI=1S/C28H28FN5O2/c1-4-34(5-2)13-12-31-28(36)25-17(3)32-24(26(25)19-8-6-18(16-30)7-9-19)15-22-21-14-20(29)10-11-23(21)33-27(22)35/h6-11,14-15,32H,4-5,12-13H2,1-3H3,(H,31,36)(H,33,35). The Hall–Kier alpha value is -4.22. The lowest BCUT2D eigenvalue weighted by Gasteiger charge is -2.18. The number of likely N-dealkylation sites (N-methyl/N-ethyl adjacent to an activating group) is 1. The first-order valence-electron chi connectivity index (χ1n) is 11.9. The summed E-state index contributed by atoms with van der Waals surface area (Å²) in [7, 11) is 0. The number of nitrogens with one attached hydrogen (secondary N) is 3. The van der Waals surface area contributed by atoms with Gasteiger partial charge in [0.25, 0.3) is 11.8 Å². The third-order valence-corrected chi connectivity index (χ3v) is 6.41. The molecule has 0 saturated carbocycles. The van der Waals surface area contributed by atoms with Gasteiger partial charge in [-0.3, -0.25) is 9.59 Å². The summed E-state index contributed by atoms with van der Waals surface area (Å²) in [5, 5.41) is 15.0. The molecule has 1 aliphatic heterocycles. The molecule has 0 radical (unpaired) electrons. The number of carbonyl (C=O) groups is 2. The molecular formula is C28H28FN5O2. The molecule has 1 aromatic heterocycles. The number of hydrogen-bond acceptors (Lipinski definition) is 4. The minimum absolute atomic E-state index is 0.234. The van der Waals surface area contributed by atoms with Crippen LogP contribution in [0.4, 0.5) is 10.1 Å². The summed E-state index contributed by atoms with van der Waals surface area (Å²) in [6.45, 7) is 8.97. The van der Waals surface area contributed by atoms with Gasteiger partial charge in [-0.05, 0) is 62.0 Å². The molecule has 0 fully saturated rings. The summed E-state index contributed by atoms with van der Waals surface area (Å²) in [6.07, 6.45) is 1.65. The third-order valence-electron chi connectivity index (χ3n) is 6.41. The number of carbonyl (C=O) groups excluding carboxylic acids is 2. The van der Waals surface area contributed by atoms with Gasteiger partial charge in [-0.25, -0.2) is 4.39 Å². The zero-order valence-electron chi connectivity index (χ0n) is 20.5. The van der Waals surface area contributed by atoms with Crippen molar-refractivity contribution in [2.24, 2.45) is 0 Å². The van der Waals surface area contributed by atoms with Crippen LogP contribution >= 0.6 is 0 Å². The third kappa shape index (κ3) is 4.92. The molecule has 3 aromatic rings. The van der Waals surface area contributed by atoms with Crippen molar-refractivity contribution in [2.75, 3.05) is 31.5 Å². The van der Waals surface area contributed by atoms with Crippen molar-refractivity contribution in [1.29, 1.82) is 5.26 Å². The molecule has 2 heterocycles. The first-order valence-corrected chi connectivity index (χ1v) is 11.9. The molecule has 2 amide bonds. The number of fused-ring (bicyclic) bond motifs is 1. The normalized spacial score (nSPS) is 13.6. The van der Waals surface area contributed by atoms with E-state index in [9.17, 15) is 19.2 Å². The van der Waals surface area contributed by atoms with Gasteiger partial charge in [0, 0.05) is 41.3 Å². The van der Waals surface area contributed by atoms with Crippen LogP contribution in [0.15, 0.2) is 42.5 Å². The van der Waals surface area contributed by atoms with E-state index < -0.39 is 5.82 Å². The van der Waals surface area contributed by atoms with Gasteiger partial charge in [-0.2, -0.15) is 5.26 Å². The highest BCUT2D eigenvalue weighted by Crippen LogP contribution is 2.37. The fraction of sp³-hybridized carbons (Fsp3) is 0.250. The maximum Gasteiger partial charge on any atom is 0.256 e. The van der Waals surface area contributed by atoms with E-state index in [2.05, 4.69) is 40.4 Å². The highest BCUT2D eigenvalue weighted by molar-refractivity contribution is 6.35. The number of halogens is 1. The minimum Gasteiger partial charge on any atom is -0.358 e. The predicted molar refractivity (Wildman–Crippen MR) is 139 cm³/mol. The molecule has 3 N–H and O–H groups in total. The van der Waals surface area contributed by atoms with Crippen LogP contribution < -0.4 is 10.6 Å². The molecule has 36 heavy (non-hydrogen) atoms. The average molecular weight is 486 g/mol. The van der Waals surface area contributed by atoms with Gasteiger partial charge < -0.3 is 20.5 Å². The Morgan fingerprint density at radius 2 is 1.89 bits per heavy atom. The largest absolute Gasteiger partial charge is 0.358 e. The van der Waals surface area contributed by atoms with E-state index in [0.29, 0.717) is 51.4 Å². The van der Waals surface area contributed by atoms with E-state index in [1.54, 1.807) is 37.3 Å². The predicted octanol–water partition coefficient (Wildman–Crippen LogP) is 4.57. The Kier molecular flexibility index (Phi) is 7.32. The molecule has 0 bridgehead atoms. The number of nitrogens with zero attached hydrogens (tertiary/aromatic N) is 2. The minimum atomic E-state index is -0.445. The number of rotatable bonds is 8. The lowest BCUT2D eigenvalue weighted by molar-refractivity contribution is -0.110. The van der Waals surface area contributed by atoms with E-state index in [4.69, 9.17) is 0 Å². The van der Waals surface area contributed by atoms with Crippen molar-refractivity contribution in [3.05, 3.63) is 76.4 Å². The summed E-state index contributed by atoms with van der Waals surface area (Å²) in [5.74, 6) is -1.03. The van der Waals surface area contributed by atoms with E-state index in [-0.39, 0.29) is 11.8 Å². The van der Waals surface area contributed by atoms with Gasteiger partial charge in [0.1, 0.15) is 5.82 Å². The zero-order chi connectivity index (χ0) is 25.8. The van der Waals surface area contributed by atoms with Gasteiger partial charge in [0.2, 0.25) is 0 Å². The first kappa shape index (κ1) is 24.9. The molecule has 8 heteroatoms. The number of amides is 2. The summed E-state index contributed by atoms with van der Waals surface area (Å²) in [4.78, 5) is 31.5. The lowest BCUT2D eigenvalue weighted by atomic mass is 9.96. The van der Waals surface area contributed by atoms with E-state index in [1.165, 1.54) is 18.2 Å². The molecule has 0 atom stereocenters. The van der Waals surface area contributed by atoms with Crippen molar-refractivity contribution < 1.29 is 14.0 Å². The molecular weight excluding hydrogens is 457 g/mol. The molecule has 0 saturated heterocycles. The van der Waals surface area contributed by atoms with E-state index >= 15 is 0 Å². The number of aryl methyl sites for hydroxylation is 1. The summed E-state index contributed by atoms with van der Waals surface area (Å²) < 4.78 is 14.0. The maximum atomic E-state index is 14.0. The second kappa shape index (κ2) is 10.6. The van der Waals surface area contributed by atoms with Crippen molar-refractivity contribution in [3.63, 3.8) is 0 Å². The van der Waals surface area contributed by atoms with Gasteiger partial charge in [0.05, 0.1) is 22.8 Å². The van der Waals surface area contributed by atoms with Crippen molar-refractivity contribution in [2.45, 2.75) is 20.8 Å². The fourth-order valence-electron chi connectivity index (χ4n) is 4.46. The maximum absolute atomic E-state index is 14.0. The van der Waals surface area contributed by atoms with Crippen LogP contribution in [0.5, 0.6) is 0 Å². The Bertz CT molecular complexity index is 1380. The summed E-state index contributed by atoms with van der Waals surface area (Å²) in [5.41, 5.74) is 4.77. The van der Waals surface area contributed by atoms with Crippen LogP contribution in [-0.4, -0.2) is 47.9 Å². The summed E-state index contributed by atoms with van der Waals surface area (Å²) >= 11 is 0. The highest BCUT2D eigenvalue weighted by Gasteiger charge is 2.27. The van der Waals surface area contributed by atoms with Crippen molar-refractivity contribution in [1.82, 2.24) is 15.2 Å². The molecule has 1 aliphatic rings. The molecule has 0 spiro atoms. The SMILES string of the molecule is CCN(CC)CCNC(=O)c1c(C)[nH]c(C=C2C(=O)Nc3ccc(F)cc32)c1-c1ccc(C#N)cc1. The molecule has 0 aliphatic carbocycles. The Morgan fingerprint density at radius 3 is 2.56 bits per heavy atom. The Morgan fingerprint density at radius 1 is 1.17 bits per heavy atom. The monoisotopic (exact) mass is 485 g/mol. The molecule has 184 valence electrons. The van der Waals surface area contributed by atoms with E-state index in [0.717, 1.165) is 25.2 Å². The molecule has 2 aromatic carbocycles. The lowest BCUT2D eigenvalue weighted by Crippen LogP contribution is -2.35. The van der Waals surface area contributed by atoms with Gasteiger partial charge in [0.15, 0.2) is 0 Å². The quantitative estimate of drug-likeness (QED) is 0.407. The number of aromatic nitrogens is 1. The Balaban J connectivity index is 1.79. The van der Waals surface area contributed by atoms with Crippen LogP contribution in [0.1, 0.15) is 46.7 Å². The smallest absolute Gasteiger partial charge is 0.256 e. The number of aromatic amines is 1. The number of H-pyrrole nitrogens is 1. The Labute approximate surface area is 209 Å². The van der Waals surface area contributed by atoms with Crippen LogP contribution in [-0.2, 0) is 4.79 Å². The van der Waals surface area contributed by atoms with Gasteiger partial charge >= 0.3 is 0 Å². The number of nitriles is 1. The average Bonchev–Trinajstić information content (AvgIpc) is 3.37. The van der Waals surface area contributed by atoms with Crippen molar-refractivity contribution >= 4 is 29.2 Å². The second-order valence-electron chi connectivity index (χ2n) is 8.59. The fourth-order valence-corrected chi connectivity index (χ4v) is 4.46. The summed E-state index contributed by atoms with van der Waals surface area (Å²) in [6, 6.07) is 13.2. The van der Waals surface area contributed by atoms with Crippen LogP contribution in [0.25, 0.3) is 22.8 Å². The van der Waals surface area contributed by atoms with Gasteiger partial charge in [-0.1, -0.05) is 26.0 Å². The van der Waals surface area contributed by atoms with Crippen LogP contribution in [0.2, 0.25) is 0 Å². The topological polar surface area (TPSA) is 101 Å². The van der Waals surface area contributed by atoms with Crippen molar-refractivity contribution in [3.8, 4) is 17.2 Å².